The maximum absolute atomic E-state index is 12.1. The first kappa shape index (κ1) is 12.7. The lowest BCUT2D eigenvalue weighted by Gasteiger charge is -2.14. The summed E-state index contributed by atoms with van der Waals surface area (Å²) in [5.41, 5.74) is 1.92. The summed E-state index contributed by atoms with van der Waals surface area (Å²) in [7, 11) is 0. The molecule has 20 heavy (non-hydrogen) atoms. The second kappa shape index (κ2) is 5.32. The molecule has 1 unspecified atom stereocenters. The van der Waals surface area contributed by atoms with E-state index in [4.69, 9.17) is 9.57 Å². The lowest BCUT2D eigenvalue weighted by molar-refractivity contribution is -0.138. The molecule has 2 heterocycles. The quantitative estimate of drug-likeness (QED) is 0.834. The van der Waals surface area contributed by atoms with E-state index in [0.717, 1.165) is 16.2 Å². The lowest BCUT2D eigenvalue weighted by atomic mass is 10.0. The van der Waals surface area contributed by atoms with Crippen molar-refractivity contribution in [2.75, 3.05) is 13.2 Å². The molecule has 1 atom stereocenters. The molecule has 0 spiro atoms. The normalized spacial score (nSPS) is 21.4. The van der Waals surface area contributed by atoms with Crippen molar-refractivity contribution in [2.24, 2.45) is 5.16 Å². The zero-order valence-corrected chi connectivity index (χ0v) is 10.8. The van der Waals surface area contributed by atoms with Crippen molar-refractivity contribution in [3.05, 3.63) is 35.9 Å². The maximum Gasteiger partial charge on any atom is 0.416 e. The average molecular weight is 274 g/mol. The number of nitrogens with zero attached hydrogens (tertiary/aromatic N) is 2. The van der Waals surface area contributed by atoms with E-state index in [-0.39, 0.29) is 19.1 Å². The van der Waals surface area contributed by atoms with Crippen LogP contribution in [0.3, 0.4) is 0 Å². The Kier molecular flexibility index (Phi) is 3.37. The van der Waals surface area contributed by atoms with Crippen molar-refractivity contribution >= 4 is 17.7 Å². The number of hydrogen-bond donors (Lipinski definition) is 0. The fourth-order valence-corrected chi connectivity index (χ4v) is 2.26. The van der Waals surface area contributed by atoms with Gasteiger partial charge in [0.2, 0.25) is 6.10 Å². The Bertz CT molecular complexity index is 556. The van der Waals surface area contributed by atoms with Gasteiger partial charge in [-0.3, -0.25) is 4.79 Å². The molecule has 6 heteroatoms. The number of rotatable bonds is 3. The van der Waals surface area contributed by atoms with E-state index in [2.05, 4.69) is 5.16 Å². The SMILES string of the molecule is O=C1OCCN1C(=O)C1CC(Cc2ccccc2)=NO1. The first-order chi connectivity index (χ1) is 9.74. The Morgan fingerprint density at radius 2 is 2.15 bits per heavy atom. The van der Waals surface area contributed by atoms with Crippen LogP contribution in [0.1, 0.15) is 12.0 Å². The van der Waals surface area contributed by atoms with Gasteiger partial charge in [0.25, 0.3) is 5.91 Å². The van der Waals surface area contributed by atoms with Crippen molar-refractivity contribution in [3.8, 4) is 0 Å². The fraction of sp³-hybridized carbons (Fsp3) is 0.357. The third-order valence-electron chi connectivity index (χ3n) is 3.28. The lowest BCUT2D eigenvalue weighted by Crippen LogP contribution is -2.39. The summed E-state index contributed by atoms with van der Waals surface area (Å²) >= 11 is 0. The van der Waals surface area contributed by atoms with Gasteiger partial charge in [-0.15, -0.1) is 0 Å². The third-order valence-corrected chi connectivity index (χ3v) is 3.28. The van der Waals surface area contributed by atoms with E-state index in [1.54, 1.807) is 0 Å². The highest BCUT2D eigenvalue weighted by atomic mass is 16.6. The molecular weight excluding hydrogens is 260 g/mol. The van der Waals surface area contributed by atoms with Gasteiger partial charge in [0.15, 0.2) is 0 Å². The van der Waals surface area contributed by atoms with Crippen LogP contribution in [0.25, 0.3) is 0 Å². The molecule has 0 saturated carbocycles. The monoisotopic (exact) mass is 274 g/mol. The number of hydrogen-bond acceptors (Lipinski definition) is 5. The van der Waals surface area contributed by atoms with Gasteiger partial charge in [0, 0.05) is 12.8 Å². The molecule has 1 aromatic rings. The molecule has 0 aromatic heterocycles. The third kappa shape index (κ3) is 2.49. The molecule has 2 aliphatic rings. The van der Waals surface area contributed by atoms with Gasteiger partial charge in [-0.25, -0.2) is 9.69 Å². The standard InChI is InChI=1S/C14H14N2O4/c17-13(16-6-7-19-14(16)18)12-9-11(15-20-12)8-10-4-2-1-3-5-10/h1-5,12H,6-9H2. The van der Waals surface area contributed by atoms with Crippen LogP contribution in [0.5, 0.6) is 0 Å². The predicted octanol–water partition coefficient (Wildman–Crippen LogP) is 1.35. The number of ether oxygens (including phenoxy) is 1. The largest absolute Gasteiger partial charge is 0.447 e. The number of benzene rings is 1. The average Bonchev–Trinajstić information content (AvgIpc) is 3.08. The Balaban J connectivity index is 1.58. The number of amides is 2. The summed E-state index contributed by atoms with van der Waals surface area (Å²) < 4.78 is 4.74. The molecule has 0 aliphatic carbocycles. The molecule has 1 fully saturated rings. The predicted molar refractivity (Wildman–Crippen MR) is 70.1 cm³/mol. The minimum Gasteiger partial charge on any atom is -0.447 e. The fourth-order valence-electron chi connectivity index (χ4n) is 2.26. The molecule has 6 nitrogen and oxygen atoms in total. The summed E-state index contributed by atoms with van der Waals surface area (Å²) in [6.45, 7) is 0.528. The first-order valence-corrected chi connectivity index (χ1v) is 6.47. The molecule has 0 radical (unpaired) electrons. The first-order valence-electron chi connectivity index (χ1n) is 6.47. The number of oxime groups is 1. The van der Waals surface area contributed by atoms with Gasteiger partial charge in [-0.2, -0.15) is 0 Å². The van der Waals surface area contributed by atoms with Gasteiger partial charge < -0.3 is 9.57 Å². The summed E-state index contributed by atoms with van der Waals surface area (Å²) in [6, 6.07) is 9.84. The second-order valence-corrected chi connectivity index (χ2v) is 4.72. The van der Waals surface area contributed by atoms with Gasteiger partial charge in [0.05, 0.1) is 12.3 Å². The van der Waals surface area contributed by atoms with Gasteiger partial charge in [-0.05, 0) is 5.56 Å². The topological polar surface area (TPSA) is 68.2 Å². The molecule has 1 saturated heterocycles. The van der Waals surface area contributed by atoms with Crippen molar-refractivity contribution in [3.63, 3.8) is 0 Å². The van der Waals surface area contributed by atoms with E-state index in [1.807, 2.05) is 30.3 Å². The van der Waals surface area contributed by atoms with E-state index in [9.17, 15) is 9.59 Å². The van der Waals surface area contributed by atoms with E-state index >= 15 is 0 Å². The van der Waals surface area contributed by atoms with Crippen LogP contribution in [0.2, 0.25) is 0 Å². The van der Waals surface area contributed by atoms with Crippen molar-refractivity contribution in [1.29, 1.82) is 0 Å². The molecule has 2 aliphatic heterocycles. The highest BCUT2D eigenvalue weighted by molar-refractivity contribution is 5.99. The second-order valence-electron chi connectivity index (χ2n) is 4.72. The van der Waals surface area contributed by atoms with E-state index in [1.165, 1.54) is 0 Å². The summed E-state index contributed by atoms with van der Waals surface area (Å²) in [5, 5.41) is 3.95. The smallest absolute Gasteiger partial charge is 0.416 e. The molecule has 2 amide bonds. The van der Waals surface area contributed by atoms with Crippen molar-refractivity contribution in [2.45, 2.75) is 18.9 Å². The number of imide groups is 1. The molecule has 3 rings (SSSR count). The van der Waals surface area contributed by atoms with Gasteiger partial charge >= 0.3 is 6.09 Å². The van der Waals surface area contributed by atoms with Crippen LogP contribution in [0.15, 0.2) is 35.5 Å². The molecular formula is C14H14N2O4. The molecule has 1 aromatic carbocycles. The van der Waals surface area contributed by atoms with E-state index < -0.39 is 12.2 Å². The molecule has 0 N–H and O–H groups in total. The number of cyclic esters (lactones) is 1. The summed E-state index contributed by atoms with van der Waals surface area (Å²) in [6.07, 6.45) is -0.249. The van der Waals surface area contributed by atoms with Gasteiger partial charge in [-0.1, -0.05) is 35.5 Å². The van der Waals surface area contributed by atoms with Crippen LogP contribution >= 0.6 is 0 Å². The number of carbonyl (C=O) groups excluding carboxylic acids is 2. The maximum atomic E-state index is 12.1. The Hall–Kier alpha value is -2.37. The van der Waals surface area contributed by atoms with Crippen LogP contribution in [0.4, 0.5) is 4.79 Å². The zero-order chi connectivity index (χ0) is 13.9. The van der Waals surface area contributed by atoms with E-state index in [0.29, 0.717) is 12.8 Å². The molecule has 0 bridgehead atoms. The number of carbonyl (C=O) groups is 2. The zero-order valence-electron chi connectivity index (χ0n) is 10.8. The van der Waals surface area contributed by atoms with Crippen molar-refractivity contribution in [1.82, 2.24) is 4.90 Å². The highest BCUT2D eigenvalue weighted by Crippen LogP contribution is 2.18. The highest BCUT2D eigenvalue weighted by Gasteiger charge is 2.37. The van der Waals surface area contributed by atoms with Gasteiger partial charge in [0.1, 0.15) is 6.61 Å². The minimum absolute atomic E-state index is 0.245. The summed E-state index contributed by atoms with van der Waals surface area (Å²) in [4.78, 5) is 29.6. The van der Waals surface area contributed by atoms with Crippen molar-refractivity contribution < 1.29 is 19.2 Å². The van der Waals surface area contributed by atoms with Crippen LogP contribution < -0.4 is 0 Å². The Labute approximate surface area is 115 Å². The summed E-state index contributed by atoms with van der Waals surface area (Å²) in [5.74, 6) is -0.376. The minimum atomic E-state index is -0.709. The van der Waals surface area contributed by atoms with Crippen LogP contribution in [-0.2, 0) is 20.8 Å². The Morgan fingerprint density at radius 1 is 1.35 bits per heavy atom. The Morgan fingerprint density at radius 3 is 2.85 bits per heavy atom. The van der Waals surface area contributed by atoms with Crippen LogP contribution in [-0.4, -0.2) is 41.9 Å². The van der Waals surface area contributed by atoms with Crippen LogP contribution in [0, 0.1) is 0 Å². The molecule has 104 valence electrons.